The van der Waals surface area contributed by atoms with Gasteiger partial charge in [-0.05, 0) is 18.8 Å². The lowest BCUT2D eigenvalue weighted by Gasteiger charge is -2.45. The Kier molecular flexibility index (Phi) is 5.94. The molecule has 1 aromatic heterocycles. The number of hydrogen-bond acceptors (Lipinski definition) is 6. The molecule has 0 aromatic carbocycles. The van der Waals surface area contributed by atoms with E-state index in [1.807, 2.05) is 0 Å². The van der Waals surface area contributed by atoms with E-state index in [2.05, 4.69) is 35.8 Å². The van der Waals surface area contributed by atoms with Crippen LogP contribution in [0.25, 0.3) is 0 Å². The zero-order valence-electron chi connectivity index (χ0n) is 14.0. The molecular formula is C16H29N3O3. The number of aliphatic hydroxyl groups is 2. The molecule has 1 aromatic rings. The molecule has 0 aliphatic carbocycles. The number of nitrogens with zero attached hydrogens (tertiary/aromatic N) is 3. The molecule has 6 nitrogen and oxygen atoms in total. The van der Waals surface area contributed by atoms with Gasteiger partial charge in [0.15, 0.2) is 5.82 Å². The summed E-state index contributed by atoms with van der Waals surface area (Å²) in [6.07, 6.45) is 2.81. The number of aromatic nitrogens is 2. The summed E-state index contributed by atoms with van der Waals surface area (Å²) in [5.74, 6) is 1.87. The highest BCUT2D eigenvalue weighted by atomic mass is 16.5. The van der Waals surface area contributed by atoms with Gasteiger partial charge < -0.3 is 14.7 Å². The van der Waals surface area contributed by atoms with Crippen LogP contribution in [0.1, 0.15) is 51.7 Å². The Morgan fingerprint density at radius 3 is 2.86 bits per heavy atom. The Hall–Kier alpha value is -0.980. The van der Waals surface area contributed by atoms with Crippen LogP contribution in [-0.2, 0) is 13.0 Å². The molecule has 2 rings (SSSR count). The number of piperidine rings is 1. The summed E-state index contributed by atoms with van der Waals surface area (Å²) in [6, 6.07) is 0. The van der Waals surface area contributed by atoms with E-state index in [9.17, 15) is 10.2 Å². The summed E-state index contributed by atoms with van der Waals surface area (Å²) in [5.41, 5.74) is -0.419. The largest absolute Gasteiger partial charge is 0.396 e. The highest BCUT2D eigenvalue weighted by molar-refractivity contribution is 4.95. The molecule has 2 atom stereocenters. The molecule has 0 spiro atoms. The third kappa shape index (κ3) is 4.06. The van der Waals surface area contributed by atoms with Crippen molar-refractivity contribution >= 4 is 0 Å². The molecule has 0 amide bonds. The van der Waals surface area contributed by atoms with E-state index in [-0.39, 0.29) is 6.61 Å². The summed E-state index contributed by atoms with van der Waals surface area (Å²) >= 11 is 0. The molecule has 22 heavy (non-hydrogen) atoms. The van der Waals surface area contributed by atoms with Crippen molar-refractivity contribution in [1.29, 1.82) is 0 Å². The van der Waals surface area contributed by atoms with Crippen molar-refractivity contribution in [3.8, 4) is 0 Å². The van der Waals surface area contributed by atoms with E-state index in [1.54, 1.807) is 0 Å². The smallest absolute Gasteiger partial charge is 0.226 e. The van der Waals surface area contributed by atoms with Crippen molar-refractivity contribution in [3.05, 3.63) is 11.7 Å². The van der Waals surface area contributed by atoms with Crippen LogP contribution in [0.3, 0.4) is 0 Å². The molecule has 0 radical (unpaired) electrons. The predicted molar refractivity (Wildman–Crippen MR) is 83.2 cm³/mol. The molecule has 0 saturated carbocycles. The van der Waals surface area contributed by atoms with Crippen LogP contribution in [0.4, 0.5) is 0 Å². The molecule has 2 heterocycles. The topological polar surface area (TPSA) is 82.6 Å². The van der Waals surface area contributed by atoms with Crippen molar-refractivity contribution < 1.29 is 14.7 Å². The summed E-state index contributed by atoms with van der Waals surface area (Å²) < 4.78 is 5.28. The number of aliphatic hydroxyl groups excluding tert-OH is 2. The SMILES string of the molecule is CCC[C@@]1(CO)CN(Cc2noc(CC(C)C)n2)CC[C@@H]1O. The third-order valence-electron chi connectivity index (χ3n) is 4.48. The lowest BCUT2D eigenvalue weighted by Crippen LogP contribution is -2.53. The van der Waals surface area contributed by atoms with Gasteiger partial charge in [-0.15, -0.1) is 0 Å². The molecule has 1 aliphatic rings. The lowest BCUT2D eigenvalue weighted by molar-refractivity contribution is -0.0825. The van der Waals surface area contributed by atoms with E-state index in [0.717, 1.165) is 25.8 Å². The maximum absolute atomic E-state index is 10.3. The fourth-order valence-electron chi connectivity index (χ4n) is 3.34. The van der Waals surface area contributed by atoms with E-state index >= 15 is 0 Å². The highest BCUT2D eigenvalue weighted by Gasteiger charge is 2.41. The van der Waals surface area contributed by atoms with Gasteiger partial charge in [-0.1, -0.05) is 32.3 Å². The van der Waals surface area contributed by atoms with Gasteiger partial charge in [0, 0.05) is 24.9 Å². The van der Waals surface area contributed by atoms with E-state index in [0.29, 0.717) is 37.1 Å². The van der Waals surface area contributed by atoms with Gasteiger partial charge in [0.05, 0.1) is 19.3 Å². The van der Waals surface area contributed by atoms with Crippen LogP contribution in [0.15, 0.2) is 4.52 Å². The minimum atomic E-state index is -0.435. The van der Waals surface area contributed by atoms with Crippen molar-refractivity contribution in [2.75, 3.05) is 19.7 Å². The van der Waals surface area contributed by atoms with Crippen molar-refractivity contribution in [1.82, 2.24) is 15.0 Å². The number of hydrogen-bond donors (Lipinski definition) is 2. The third-order valence-corrected chi connectivity index (χ3v) is 4.48. The van der Waals surface area contributed by atoms with E-state index < -0.39 is 11.5 Å². The van der Waals surface area contributed by atoms with Gasteiger partial charge >= 0.3 is 0 Å². The summed E-state index contributed by atoms with van der Waals surface area (Å²) in [6.45, 7) is 8.42. The fourth-order valence-corrected chi connectivity index (χ4v) is 3.34. The quantitative estimate of drug-likeness (QED) is 0.796. The van der Waals surface area contributed by atoms with Gasteiger partial charge in [-0.3, -0.25) is 4.90 Å². The Bertz CT molecular complexity index is 463. The summed E-state index contributed by atoms with van der Waals surface area (Å²) in [5, 5.41) is 24.1. The summed E-state index contributed by atoms with van der Waals surface area (Å²) in [4.78, 5) is 6.65. The first kappa shape index (κ1) is 17.4. The van der Waals surface area contributed by atoms with Gasteiger partial charge in [-0.25, -0.2) is 0 Å². The van der Waals surface area contributed by atoms with Crippen molar-refractivity contribution in [3.63, 3.8) is 0 Å². The van der Waals surface area contributed by atoms with Crippen LogP contribution < -0.4 is 0 Å². The van der Waals surface area contributed by atoms with E-state index in [1.165, 1.54) is 0 Å². The Morgan fingerprint density at radius 1 is 1.45 bits per heavy atom. The molecular weight excluding hydrogens is 282 g/mol. The first-order chi connectivity index (χ1) is 10.5. The fraction of sp³-hybridized carbons (Fsp3) is 0.875. The highest BCUT2D eigenvalue weighted by Crippen LogP contribution is 2.35. The number of likely N-dealkylation sites (tertiary alicyclic amines) is 1. The van der Waals surface area contributed by atoms with E-state index in [4.69, 9.17) is 4.52 Å². The molecule has 1 saturated heterocycles. The molecule has 0 unspecified atom stereocenters. The second-order valence-corrected chi connectivity index (χ2v) is 6.99. The van der Waals surface area contributed by atoms with Crippen LogP contribution >= 0.6 is 0 Å². The standard InChI is InChI=1S/C16H29N3O3/c1-4-6-16(11-20)10-19(7-5-13(16)21)9-14-17-15(22-18-14)8-12(2)3/h12-13,20-21H,4-11H2,1-3H3/t13-,16-/m0/s1. The summed E-state index contributed by atoms with van der Waals surface area (Å²) in [7, 11) is 0. The number of rotatable bonds is 7. The molecule has 2 N–H and O–H groups in total. The molecule has 0 bridgehead atoms. The first-order valence-corrected chi connectivity index (χ1v) is 8.32. The Morgan fingerprint density at radius 2 is 2.23 bits per heavy atom. The Labute approximate surface area is 132 Å². The zero-order chi connectivity index (χ0) is 16.2. The van der Waals surface area contributed by atoms with Crippen LogP contribution in [0.2, 0.25) is 0 Å². The molecule has 6 heteroatoms. The van der Waals surface area contributed by atoms with Crippen molar-refractivity contribution in [2.24, 2.45) is 11.3 Å². The monoisotopic (exact) mass is 311 g/mol. The van der Waals surface area contributed by atoms with Gasteiger partial charge in [0.1, 0.15) is 0 Å². The van der Waals surface area contributed by atoms with Gasteiger partial charge in [0.2, 0.25) is 5.89 Å². The first-order valence-electron chi connectivity index (χ1n) is 8.32. The Balaban J connectivity index is 1.99. The lowest BCUT2D eigenvalue weighted by atomic mass is 9.74. The minimum absolute atomic E-state index is 0.0172. The zero-order valence-corrected chi connectivity index (χ0v) is 14.0. The average molecular weight is 311 g/mol. The molecule has 1 aliphatic heterocycles. The minimum Gasteiger partial charge on any atom is -0.396 e. The predicted octanol–water partition coefficient (Wildman–Crippen LogP) is 1.61. The van der Waals surface area contributed by atoms with Gasteiger partial charge in [-0.2, -0.15) is 4.98 Å². The normalized spacial score (nSPS) is 26.7. The maximum Gasteiger partial charge on any atom is 0.226 e. The second kappa shape index (κ2) is 7.53. The average Bonchev–Trinajstić information content (AvgIpc) is 2.89. The van der Waals surface area contributed by atoms with Crippen LogP contribution in [-0.4, -0.2) is 51.1 Å². The van der Waals surface area contributed by atoms with Crippen LogP contribution in [0.5, 0.6) is 0 Å². The van der Waals surface area contributed by atoms with Gasteiger partial charge in [0.25, 0.3) is 0 Å². The molecule has 1 fully saturated rings. The van der Waals surface area contributed by atoms with Crippen molar-refractivity contribution in [2.45, 2.75) is 59.1 Å². The maximum atomic E-state index is 10.3. The van der Waals surface area contributed by atoms with Crippen LogP contribution in [0, 0.1) is 11.3 Å². The molecule has 126 valence electrons. The second-order valence-electron chi connectivity index (χ2n) is 6.99.